The molecule has 0 saturated heterocycles. The van der Waals surface area contributed by atoms with Crippen molar-refractivity contribution in [1.29, 1.82) is 0 Å². The molecule has 2 aromatic heterocycles. The number of nitrogens with zero attached hydrogens (tertiary/aromatic N) is 2. The normalized spacial score (nSPS) is 14.8. The summed E-state index contributed by atoms with van der Waals surface area (Å²) < 4.78 is 0.646. The predicted octanol–water partition coefficient (Wildman–Crippen LogP) is 3.70. The van der Waals surface area contributed by atoms with Crippen molar-refractivity contribution in [3.05, 3.63) is 39.8 Å². The van der Waals surface area contributed by atoms with Crippen LogP contribution in [0.3, 0.4) is 0 Å². The largest absolute Gasteiger partial charge is 0.342 e. The number of hydrogen-bond donors (Lipinski definition) is 1. The van der Waals surface area contributed by atoms with Crippen molar-refractivity contribution in [3.63, 3.8) is 0 Å². The summed E-state index contributed by atoms with van der Waals surface area (Å²) in [6, 6.07) is 4.09. The van der Waals surface area contributed by atoms with E-state index in [1.54, 1.807) is 0 Å². The molecule has 1 fully saturated rings. The van der Waals surface area contributed by atoms with Gasteiger partial charge in [-0.2, -0.15) is 0 Å². The Bertz CT molecular complexity index is 656. The number of aromatic amines is 1. The molecule has 0 amide bonds. The Balaban J connectivity index is 2.13. The van der Waals surface area contributed by atoms with Crippen LogP contribution in [0, 0.1) is 18.5 Å². The first-order chi connectivity index (χ1) is 8.63. The maximum absolute atomic E-state index is 5.24. The van der Waals surface area contributed by atoms with Gasteiger partial charge in [-0.05, 0) is 49.8 Å². The molecule has 0 atom stereocenters. The first-order valence-electron chi connectivity index (χ1n) is 6.18. The topological polar surface area (TPSA) is 41.6 Å². The highest BCUT2D eigenvalue weighted by Crippen LogP contribution is 2.39. The van der Waals surface area contributed by atoms with Gasteiger partial charge in [0.05, 0.1) is 0 Å². The lowest BCUT2D eigenvalue weighted by atomic mass is 10.1. The molecule has 3 rings (SSSR count). The van der Waals surface area contributed by atoms with Gasteiger partial charge in [-0.25, -0.2) is 4.98 Å². The number of rotatable bonds is 2. The van der Waals surface area contributed by atoms with Gasteiger partial charge in [0, 0.05) is 11.9 Å². The third-order valence-corrected chi connectivity index (χ3v) is 3.43. The molecule has 1 aliphatic carbocycles. The average Bonchev–Trinajstić information content (AvgIpc) is 3.11. The van der Waals surface area contributed by atoms with Crippen LogP contribution in [0.4, 0.5) is 0 Å². The van der Waals surface area contributed by atoms with Gasteiger partial charge < -0.3 is 4.98 Å². The van der Waals surface area contributed by atoms with E-state index in [-0.39, 0.29) is 0 Å². The number of nitrogens with one attached hydrogen (secondary N) is 1. The molecule has 18 heavy (non-hydrogen) atoms. The quantitative estimate of drug-likeness (QED) is 0.834. The van der Waals surface area contributed by atoms with Crippen LogP contribution in [0.25, 0.3) is 11.5 Å². The number of hydrogen-bond acceptors (Lipinski definition) is 3. The highest BCUT2D eigenvalue weighted by molar-refractivity contribution is 7.71. The second kappa shape index (κ2) is 4.28. The van der Waals surface area contributed by atoms with Gasteiger partial charge in [-0.1, -0.05) is 18.3 Å². The molecule has 92 valence electrons. The van der Waals surface area contributed by atoms with Gasteiger partial charge in [0.15, 0.2) is 5.82 Å². The molecular weight excluding hydrogens is 242 g/mol. The Hall–Kier alpha value is -1.55. The van der Waals surface area contributed by atoms with Crippen LogP contribution in [-0.2, 0) is 0 Å². The molecule has 0 radical (unpaired) electrons. The number of aromatic nitrogens is 3. The highest BCUT2D eigenvalue weighted by Gasteiger charge is 2.25. The standard InChI is InChI=1S/C14H15N3S/c1-8-5-9(2)13(15-7-8)14-16-11(10-3-4-10)6-12(18)17-14/h5-7,10H,3-4H2,1-2H3,(H,16,17,18). The molecule has 0 unspecified atom stereocenters. The first kappa shape index (κ1) is 11.5. The molecule has 1 aliphatic rings. The molecule has 2 aromatic rings. The Labute approximate surface area is 111 Å². The van der Waals surface area contributed by atoms with Crippen molar-refractivity contribution in [3.8, 4) is 11.5 Å². The number of pyridine rings is 1. The van der Waals surface area contributed by atoms with Crippen LogP contribution >= 0.6 is 12.2 Å². The van der Waals surface area contributed by atoms with E-state index in [2.05, 4.69) is 27.9 Å². The summed E-state index contributed by atoms with van der Waals surface area (Å²) in [5.74, 6) is 1.43. The van der Waals surface area contributed by atoms with Gasteiger partial charge in [0.1, 0.15) is 10.3 Å². The number of aryl methyl sites for hydroxylation is 2. The van der Waals surface area contributed by atoms with Crippen LogP contribution in [0.15, 0.2) is 18.3 Å². The molecule has 3 nitrogen and oxygen atoms in total. The van der Waals surface area contributed by atoms with Crippen molar-refractivity contribution in [2.75, 3.05) is 0 Å². The maximum Gasteiger partial charge on any atom is 0.158 e. The summed E-state index contributed by atoms with van der Waals surface area (Å²) in [6.45, 7) is 4.09. The minimum Gasteiger partial charge on any atom is -0.342 e. The summed E-state index contributed by atoms with van der Waals surface area (Å²) in [5, 5.41) is 0. The van der Waals surface area contributed by atoms with E-state index in [0.29, 0.717) is 10.6 Å². The molecular formula is C14H15N3S. The van der Waals surface area contributed by atoms with Crippen LogP contribution in [0.1, 0.15) is 35.6 Å². The fourth-order valence-corrected chi connectivity index (χ4v) is 2.38. The van der Waals surface area contributed by atoms with Crippen LogP contribution in [-0.4, -0.2) is 15.0 Å². The smallest absolute Gasteiger partial charge is 0.158 e. The molecule has 2 heterocycles. The SMILES string of the molecule is Cc1cnc(-c2nc(=S)cc(C3CC3)[nH]2)c(C)c1. The fourth-order valence-electron chi connectivity index (χ4n) is 2.17. The fraction of sp³-hybridized carbons (Fsp3) is 0.357. The van der Waals surface area contributed by atoms with Crippen molar-refractivity contribution in [2.24, 2.45) is 0 Å². The Kier molecular flexibility index (Phi) is 2.74. The molecule has 0 aliphatic heterocycles. The van der Waals surface area contributed by atoms with E-state index in [9.17, 15) is 0 Å². The molecule has 0 spiro atoms. The predicted molar refractivity (Wildman–Crippen MR) is 74.1 cm³/mol. The van der Waals surface area contributed by atoms with Crippen molar-refractivity contribution in [2.45, 2.75) is 32.6 Å². The van der Waals surface area contributed by atoms with Crippen LogP contribution in [0.5, 0.6) is 0 Å². The lowest BCUT2D eigenvalue weighted by molar-refractivity contribution is 0.978. The molecule has 1 saturated carbocycles. The van der Waals surface area contributed by atoms with Crippen LogP contribution < -0.4 is 0 Å². The number of H-pyrrole nitrogens is 1. The van der Waals surface area contributed by atoms with E-state index in [0.717, 1.165) is 22.6 Å². The monoisotopic (exact) mass is 257 g/mol. The van der Waals surface area contributed by atoms with E-state index in [4.69, 9.17) is 12.2 Å². The van der Waals surface area contributed by atoms with Crippen LogP contribution in [0.2, 0.25) is 0 Å². The second-order valence-corrected chi connectivity index (χ2v) is 5.39. The Morgan fingerprint density at radius 1 is 1.28 bits per heavy atom. The van der Waals surface area contributed by atoms with E-state index < -0.39 is 0 Å². The van der Waals surface area contributed by atoms with Crippen molar-refractivity contribution < 1.29 is 0 Å². The summed E-state index contributed by atoms with van der Waals surface area (Å²) in [4.78, 5) is 12.3. The Morgan fingerprint density at radius 2 is 2.06 bits per heavy atom. The Morgan fingerprint density at radius 3 is 2.72 bits per heavy atom. The molecule has 0 bridgehead atoms. The van der Waals surface area contributed by atoms with Crippen molar-refractivity contribution >= 4 is 12.2 Å². The maximum atomic E-state index is 5.24. The molecule has 4 heteroatoms. The van der Waals surface area contributed by atoms with Gasteiger partial charge in [-0.15, -0.1) is 0 Å². The lowest BCUT2D eigenvalue weighted by Crippen LogP contribution is -1.98. The molecule has 1 N–H and O–H groups in total. The minimum absolute atomic E-state index is 0.638. The highest BCUT2D eigenvalue weighted by atomic mass is 32.1. The van der Waals surface area contributed by atoms with E-state index in [1.807, 2.05) is 19.2 Å². The summed E-state index contributed by atoms with van der Waals surface area (Å²) in [6.07, 6.45) is 4.36. The van der Waals surface area contributed by atoms with Gasteiger partial charge >= 0.3 is 0 Å². The summed E-state index contributed by atoms with van der Waals surface area (Å²) >= 11 is 5.24. The average molecular weight is 257 g/mol. The second-order valence-electron chi connectivity index (χ2n) is 4.98. The van der Waals surface area contributed by atoms with E-state index in [1.165, 1.54) is 18.5 Å². The zero-order chi connectivity index (χ0) is 12.7. The van der Waals surface area contributed by atoms with Crippen molar-refractivity contribution in [1.82, 2.24) is 15.0 Å². The third kappa shape index (κ3) is 2.20. The van der Waals surface area contributed by atoms with E-state index >= 15 is 0 Å². The third-order valence-electron chi connectivity index (χ3n) is 3.22. The minimum atomic E-state index is 0.638. The lowest BCUT2D eigenvalue weighted by Gasteiger charge is -2.07. The summed E-state index contributed by atoms with van der Waals surface area (Å²) in [5.41, 5.74) is 4.38. The first-order valence-corrected chi connectivity index (χ1v) is 6.59. The molecule has 0 aromatic carbocycles. The van der Waals surface area contributed by atoms with Gasteiger partial charge in [0.25, 0.3) is 0 Å². The zero-order valence-electron chi connectivity index (χ0n) is 10.5. The van der Waals surface area contributed by atoms with Gasteiger partial charge in [-0.3, -0.25) is 4.98 Å². The zero-order valence-corrected chi connectivity index (χ0v) is 11.3. The van der Waals surface area contributed by atoms with Gasteiger partial charge in [0.2, 0.25) is 0 Å². The summed E-state index contributed by atoms with van der Waals surface area (Å²) in [7, 11) is 0.